The van der Waals surface area contributed by atoms with Crippen molar-refractivity contribution >= 4 is 18.4 Å². The fourth-order valence-electron chi connectivity index (χ4n) is 1.65. The van der Waals surface area contributed by atoms with Crippen LogP contribution in [0.5, 0.6) is 0 Å². The van der Waals surface area contributed by atoms with Crippen molar-refractivity contribution in [2.75, 3.05) is 6.61 Å². The van der Waals surface area contributed by atoms with E-state index in [4.69, 9.17) is 10.5 Å². The van der Waals surface area contributed by atoms with E-state index in [1.807, 2.05) is 12.1 Å². The van der Waals surface area contributed by atoms with Gasteiger partial charge in [0.25, 0.3) is 0 Å². The number of ether oxygens (including phenoxy) is 1. The van der Waals surface area contributed by atoms with E-state index < -0.39 is 0 Å². The predicted molar refractivity (Wildman–Crippen MR) is 76.0 cm³/mol. The maximum absolute atomic E-state index is 11.3. The SMILES string of the molecule is CCOC(=O)C[C@H](N)c1ccc(C(C)C)cc1.Cl. The minimum atomic E-state index is -0.282. The molecule has 0 saturated carbocycles. The van der Waals surface area contributed by atoms with Crippen molar-refractivity contribution in [1.82, 2.24) is 0 Å². The van der Waals surface area contributed by atoms with Crippen LogP contribution in [0.3, 0.4) is 0 Å². The van der Waals surface area contributed by atoms with Gasteiger partial charge in [-0.05, 0) is 24.0 Å². The summed E-state index contributed by atoms with van der Waals surface area (Å²) in [5.41, 5.74) is 8.20. The van der Waals surface area contributed by atoms with E-state index in [2.05, 4.69) is 26.0 Å². The number of esters is 1. The second-order valence-electron chi connectivity index (χ2n) is 4.44. The average molecular weight is 272 g/mol. The Morgan fingerprint density at radius 3 is 2.17 bits per heavy atom. The molecule has 1 aromatic carbocycles. The summed E-state index contributed by atoms with van der Waals surface area (Å²) in [6.07, 6.45) is 0.231. The van der Waals surface area contributed by atoms with Crippen LogP contribution in [-0.4, -0.2) is 12.6 Å². The lowest BCUT2D eigenvalue weighted by Crippen LogP contribution is -2.17. The number of hydrogen-bond donors (Lipinski definition) is 1. The molecular formula is C14H22ClNO2. The van der Waals surface area contributed by atoms with Crippen molar-refractivity contribution in [2.24, 2.45) is 5.73 Å². The van der Waals surface area contributed by atoms with Gasteiger partial charge in [-0.2, -0.15) is 0 Å². The quantitative estimate of drug-likeness (QED) is 0.837. The van der Waals surface area contributed by atoms with Gasteiger partial charge in [0.15, 0.2) is 0 Å². The molecule has 3 nitrogen and oxygen atoms in total. The van der Waals surface area contributed by atoms with Gasteiger partial charge in [-0.25, -0.2) is 0 Å². The van der Waals surface area contributed by atoms with Gasteiger partial charge >= 0.3 is 5.97 Å². The number of nitrogens with two attached hydrogens (primary N) is 1. The molecule has 0 aliphatic carbocycles. The molecule has 0 radical (unpaired) electrons. The third-order valence-corrected chi connectivity index (χ3v) is 2.72. The summed E-state index contributed by atoms with van der Waals surface area (Å²) in [7, 11) is 0. The van der Waals surface area contributed by atoms with Crippen LogP contribution < -0.4 is 5.73 Å². The highest BCUT2D eigenvalue weighted by atomic mass is 35.5. The van der Waals surface area contributed by atoms with E-state index in [0.29, 0.717) is 12.5 Å². The summed E-state index contributed by atoms with van der Waals surface area (Å²) >= 11 is 0. The molecule has 1 rings (SSSR count). The van der Waals surface area contributed by atoms with Crippen molar-refractivity contribution < 1.29 is 9.53 Å². The van der Waals surface area contributed by atoms with Crippen molar-refractivity contribution in [3.63, 3.8) is 0 Å². The van der Waals surface area contributed by atoms with Gasteiger partial charge in [0.05, 0.1) is 13.0 Å². The number of carbonyl (C=O) groups excluding carboxylic acids is 1. The fraction of sp³-hybridized carbons (Fsp3) is 0.500. The molecule has 1 atom stereocenters. The Labute approximate surface area is 115 Å². The molecule has 102 valence electrons. The van der Waals surface area contributed by atoms with Gasteiger partial charge in [0.1, 0.15) is 0 Å². The topological polar surface area (TPSA) is 52.3 Å². The summed E-state index contributed by atoms with van der Waals surface area (Å²) < 4.78 is 4.88. The summed E-state index contributed by atoms with van der Waals surface area (Å²) in [5, 5.41) is 0. The molecule has 0 aliphatic rings. The number of rotatable bonds is 5. The van der Waals surface area contributed by atoms with E-state index in [0.717, 1.165) is 5.56 Å². The van der Waals surface area contributed by atoms with Crippen LogP contribution in [0.2, 0.25) is 0 Å². The molecule has 0 heterocycles. The van der Waals surface area contributed by atoms with E-state index in [-0.39, 0.29) is 30.8 Å². The lowest BCUT2D eigenvalue weighted by molar-refractivity contribution is -0.143. The fourth-order valence-corrected chi connectivity index (χ4v) is 1.65. The van der Waals surface area contributed by atoms with Crippen LogP contribution in [0.25, 0.3) is 0 Å². The molecule has 0 amide bonds. The van der Waals surface area contributed by atoms with Gasteiger partial charge < -0.3 is 10.5 Å². The molecule has 4 heteroatoms. The maximum atomic E-state index is 11.3. The Hall–Kier alpha value is -1.06. The summed E-state index contributed by atoms with van der Waals surface area (Å²) in [6, 6.07) is 7.81. The van der Waals surface area contributed by atoms with Crippen LogP contribution >= 0.6 is 12.4 Å². The van der Waals surface area contributed by atoms with Gasteiger partial charge in [0, 0.05) is 6.04 Å². The third kappa shape index (κ3) is 5.07. The Bertz CT molecular complexity index is 363. The van der Waals surface area contributed by atoms with Gasteiger partial charge in [-0.1, -0.05) is 38.1 Å². The molecule has 0 bridgehead atoms. The molecule has 0 fully saturated rings. The molecular weight excluding hydrogens is 250 g/mol. The van der Waals surface area contributed by atoms with Crippen molar-refractivity contribution in [3.8, 4) is 0 Å². The molecule has 0 saturated heterocycles. The molecule has 0 unspecified atom stereocenters. The third-order valence-electron chi connectivity index (χ3n) is 2.72. The Morgan fingerprint density at radius 1 is 1.22 bits per heavy atom. The summed E-state index contributed by atoms with van der Waals surface area (Å²) in [5.74, 6) is 0.262. The average Bonchev–Trinajstić information content (AvgIpc) is 2.29. The monoisotopic (exact) mass is 271 g/mol. The van der Waals surface area contributed by atoms with E-state index >= 15 is 0 Å². The molecule has 0 spiro atoms. The van der Waals surface area contributed by atoms with E-state index in [1.54, 1.807) is 6.92 Å². The predicted octanol–water partition coefficient (Wildman–Crippen LogP) is 3.18. The zero-order chi connectivity index (χ0) is 12.8. The van der Waals surface area contributed by atoms with Crippen LogP contribution in [0.15, 0.2) is 24.3 Å². The first kappa shape index (κ1) is 16.9. The van der Waals surface area contributed by atoms with Crippen molar-refractivity contribution in [3.05, 3.63) is 35.4 Å². The Kier molecular flexibility index (Phi) is 7.64. The first-order valence-corrected chi connectivity index (χ1v) is 6.05. The molecule has 18 heavy (non-hydrogen) atoms. The molecule has 0 aromatic heterocycles. The first-order valence-electron chi connectivity index (χ1n) is 6.05. The van der Waals surface area contributed by atoms with Crippen LogP contribution in [-0.2, 0) is 9.53 Å². The summed E-state index contributed by atoms with van der Waals surface area (Å²) in [4.78, 5) is 11.3. The summed E-state index contributed by atoms with van der Waals surface area (Å²) in [6.45, 7) is 6.49. The zero-order valence-electron chi connectivity index (χ0n) is 11.2. The van der Waals surface area contributed by atoms with E-state index in [9.17, 15) is 4.79 Å². The number of carbonyl (C=O) groups is 1. The molecule has 2 N–H and O–H groups in total. The van der Waals surface area contributed by atoms with Gasteiger partial charge in [0.2, 0.25) is 0 Å². The number of hydrogen-bond acceptors (Lipinski definition) is 3. The van der Waals surface area contributed by atoms with Crippen LogP contribution in [0.4, 0.5) is 0 Å². The smallest absolute Gasteiger partial charge is 0.307 e. The highest BCUT2D eigenvalue weighted by Crippen LogP contribution is 2.19. The largest absolute Gasteiger partial charge is 0.466 e. The lowest BCUT2D eigenvalue weighted by atomic mass is 9.98. The minimum Gasteiger partial charge on any atom is -0.466 e. The number of halogens is 1. The lowest BCUT2D eigenvalue weighted by Gasteiger charge is -2.12. The minimum absolute atomic E-state index is 0. The molecule has 0 aliphatic heterocycles. The van der Waals surface area contributed by atoms with E-state index in [1.165, 1.54) is 5.56 Å². The highest BCUT2D eigenvalue weighted by Gasteiger charge is 2.12. The highest BCUT2D eigenvalue weighted by molar-refractivity contribution is 5.85. The van der Waals surface area contributed by atoms with Gasteiger partial charge in [-0.3, -0.25) is 4.79 Å². The first-order chi connectivity index (χ1) is 8.04. The Balaban J connectivity index is 0.00000289. The van der Waals surface area contributed by atoms with Crippen molar-refractivity contribution in [2.45, 2.75) is 39.2 Å². The van der Waals surface area contributed by atoms with Crippen LogP contribution in [0, 0.1) is 0 Å². The maximum Gasteiger partial charge on any atom is 0.307 e. The van der Waals surface area contributed by atoms with Gasteiger partial charge in [-0.15, -0.1) is 12.4 Å². The standard InChI is InChI=1S/C14H21NO2.ClH/c1-4-17-14(16)9-13(15)12-7-5-11(6-8-12)10(2)3;/h5-8,10,13H,4,9,15H2,1-3H3;1H/t13-;/m0./s1. The molecule has 1 aromatic rings. The van der Waals surface area contributed by atoms with Crippen molar-refractivity contribution in [1.29, 1.82) is 0 Å². The zero-order valence-corrected chi connectivity index (χ0v) is 12.0. The number of benzene rings is 1. The Morgan fingerprint density at radius 2 is 1.72 bits per heavy atom. The normalized spacial score (nSPS) is 11.8. The second-order valence-corrected chi connectivity index (χ2v) is 4.44. The van der Waals surface area contributed by atoms with Crippen LogP contribution in [0.1, 0.15) is 50.3 Å². The second kappa shape index (κ2) is 8.11.